The van der Waals surface area contributed by atoms with E-state index < -0.39 is 10.0 Å². The highest BCUT2D eigenvalue weighted by atomic mass is 79.9. The first-order valence-corrected chi connectivity index (χ1v) is 9.75. The fourth-order valence-corrected chi connectivity index (χ4v) is 5.01. The SMILES string of the molecule is O=S(=O)(c1ccc(CBr)cc1)N1CCc2sccc2C1. The zero-order valence-electron chi connectivity index (χ0n) is 10.8. The molecule has 2 aromatic rings. The van der Waals surface area contributed by atoms with E-state index in [0.717, 1.165) is 22.9 Å². The summed E-state index contributed by atoms with van der Waals surface area (Å²) in [5.41, 5.74) is 2.21. The van der Waals surface area contributed by atoms with E-state index in [-0.39, 0.29) is 0 Å². The molecule has 0 N–H and O–H groups in total. The van der Waals surface area contributed by atoms with Crippen LogP contribution in [0.2, 0.25) is 0 Å². The Morgan fingerprint density at radius 2 is 1.95 bits per heavy atom. The lowest BCUT2D eigenvalue weighted by molar-refractivity contribution is 0.394. The molecule has 1 aromatic heterocycles. The molecule has 1 aliphatic heterocycles. The van der Waals surface area contributed by atoms with Gasteiger partial charge in [0.05, 0.1) is 4.90 Å². The Labute approximate surface area is 131 Å². The molecule has 0 unspecified atom stereocenters. The molecule has 0 aliphatic carbocycles. The standard InChI is InChI=1S/C14H14BrNO2S2/c15-9-11-1-3-13(4-2-11)20(17,18)16-7-5-14-12(10-16)6-8-19-14/h1-4,6,8H,5,7,9-10H2. The Balaban J connectivity index is 1.88. The molecule has 6 heteroatoms. The minimum atomic E-state index is -3.38. The molecule has 1 aliphatic rings. The highest BCUT2D eigenvalue weighted by Gasteiger charge is 2.28. The fourth-order valence-electron chi connectivity index (χ4n) is 2.33. The number of hydrogen-bond acceptors (Lipinski definition) is 3. The molecule has 106 valence electrons. The van der Waals surface area contributed by atoms with E-state index in [9.17, 15) is 8.42 Å². The van der Waals surface area contributed by atoms with Crippen LogP contribution in [-0.2, 0) is 28.3 Å². The predicted molar refractivity (Wildman–Crippen MR) is 84.7 cm³/mol. The zero-order chi connectivity index (χ0) is 14.2. The number of hydrogen-bond donors (Lipinski definition) is 0. The van der Waals surface area contributed by atoms with E-state index in [1.165, 1.54) is 4.88 Å². The summed E-state index contributed by atoms with van der Waals surface area (Å²) in [6, 6.07) is 9.10. The highest BCUT2D eigenvalue weighted by Crippen LogP contribution is 2.28. The van der Waals surface area contributed by atoms with Crippen LogP contribution in [0, 0.1) is 0 Å². The number of fused-ring (bicyclic) bond motifs is 1. The van der Waals surface area contributed by atoms with Gasteiger partial charge in [-0.15, -0.1) is 11.3 Å². The lowest BCUT2D eigenvalue weighted by Crippen LogP contribution is -2.35. The molecule has 0 amide bonds. The minimum Gasteiger partial charge on any atom is -0.207 e. The first-order valence-electron chi connectivity index (χ1n) is 6.31. The smallest absolute Gasteiger partial charge is 0.207 e. The van der Waals surface area contributed by atoms with Crippen LogP contribution >= 0.6 is 27.3 Å². The van der Waals surface area contributed by atoms with Crippen LogP contribution in [0.5, 0.6) is 0 Å². The van der Waals surface area contributed by atoms with Crippen molar-refractivity contribution in [3.05, 3.63) is 51.7 Å². The second kappa shape index (κ2) is 5.60. The van der Waals surface area contributed by atoms with Crippen molar-refractivity contribution in [3.63, 3.8) is 0 Å². The van der Waals surface area contributed by atoms with Gasteiger partial charge in [0.25, 0.3) is 0 Å². The van der Waals surface area contributed by atoms with Crippen LogP contribution < -0.4 is 0 Å². The molecule has 2 heterocycles. The summed E-state index contributed by atoms with van der Waals surface area (Å²) in [6.07, 6.45) is 0.811. The van der Waals surface area contributed by atoms with Gasteiger partial charge in [-0.2, -0.15) is 4.31 Å². The van der Waals surface area contributed by atoms with Crippen molar-refractivity contribution in [1.82, 2.24) is 4.31 Å². The van der Waals surface area contributed by atoms with Gasteiger partial charge in [-0.3, -0.25) is 0 Å². The molecule has 0 spiro atoms. The molecule has 0 saturated carbocycles. The molecule has 3 rings (SSSR count). The minimum absolute atomic E-state index is 0.376. The van der Waals surface area contributed by atoms with Gasteiger partial charge in [0.1, 0.15) is 0 Å². The monoisotopic (exact) mass is 371 g/mol. The summed E-state index contributed by atoms with van der Waals surface area (Å²) in [5.74, 6) is 0. The van der Waals surface area contributed by atoms with Crippen LogP contribution in [0.3, 0.4) is 0 Å². The molecular weight excluding hydrogens is 358 g/mol. The lowest BCUT2D eigenvalue weighted by atomic mass is 10.1. The van der Waals surface area contributed by atoms with Crippen molar-refractivity contribution in [2.24, 2.45) is 0 Å². The maximum absolute atomic E-state index is 12.6. The van der Waals surface area contributed by atoms with E-state index in [1.54, 1.807) is 27.8 Å². The summed E-state index contributed by atoms with van der Waals surface area (Å²) >= 11 is 5.08. The first kappa shape index (κ1) is 14.3. The fraction of sp³-hybridized carbons (Fsp3) is 0.286. The number of benzene rings is 1. The third-order valence-electron chi connectivity index (χ3n) is 3.49. The molecule has 3 nitrogen and oxygen atoms in total. The maximum atomic E-state index is 12.6. The van der Waals surface area contributed by atoms with Gasteiger partial charge in [0.15, 0.2) is 0 Å². The Bertz CT molecular complexity index is 707. The lowest BCUT2D eigenvalue weighted by Gasteiger charge is -2.26. The first-order chi connectivity index (χ1) is 9.61. The summed E-state index contributed by atoms with van der Waals surface area (Å²) < 4.78 is 26.8. The number of alkyl halides is 1. The molecule has 0 saturated heterocycles. The summed E-state index contributed by atoms with van der Waals surface area (Å²) in [4.78, 5) is 1.69. The second-order valence-corrected chi connectivity index (χ2v) is 8.23. The topological polar surface area (TPSA) is 37.4 Å². The maximum Gasteiger partial charge on any atom is 0.243 e. The Morgan fingerprint density at radius 3 is 2.65 bits per heavy atom. The van der Waals surface area contributed by atoms with Crippen molar-refractivity contribution in [1.29, 1.82) is 0 Å². The van der Waals surface area contributed by atoms with Crippen LogP contribution in [0.4, 0.5) is 0 Å². The van der Waals surface area contributed by atoms with Gasteiger partial charge in [-0.05, 0) is 41.1 Å². The summed E-state index contributed by atoms with van der Waals surface area (Å²) in [5, 5.41) is 2.76. The normalized spacial score (nSPS) is 16.1. The molecule has 1 aromatic carbocycles. The summed E-state index contributed by atoms with van der Waals surface area (Å²) in [7, 11) is -3.38. The largest absolute Gasteiger partial charge is 0.243 e. The van der Waals surface area contributed by atoms with Gasteiger partial charge in [0, 0.05) is 23.3 Å². The summed E-state index contributed by atoms with van der Waals surface area (Å²) in [6.45, 7) is 1.05. The average Bonchev–Trinajstić information content (AvgIpc) is 2.94. The van der Waals surface area contributed by atoms with E-state index >= 15 is 0 Å². The molecule has 20 heavy (non-hydrogen) atoms. The van der Waals surface area contributed by atoms with Gasteiger partial charge >= 0.3 is 0 Å². The van der Waals surface area contributed by atoms with Crippen molar-refractivity contribution in [2.45, 2.75) is 23.2 Å². The quantitative estimate of drug-likeness (QED) is 0.775. The Hall–Kier alpha value is -0.690. The molecular formula is C14H14BrNO2S2. The molecule has 0 bridgehead atoms. The molecule has 0 fully saturated rings. The van der Waals surface area contributed by atoms with Crippen molar-refractivity contribution >= 4 is 37.3 Å². The molecule has 0 atom stereocenters. The van der Waals surface area contributed by atoms with Crippen LogP contribution in [0.1, 0.15) is 16.0 Å². The highest BCUT2D eigenvalue weighted by molar-refractivity contribution is 9.08. The van der Waals surface area contributed by atoms with Crippen molar-refractivity contribution < 1.29 is 8.42 Å². The van der Waals surface area contributed by atoms with Gasteiger partial charge in [0.2, 0.25) is 10.0 Å². The Morgan fingerprint density at radius 1 is 1.20 bits per heavy atom. The van der Waals surface area contributed by atoms with Crippen LogP contribution in [0.15, 0.2) is 40.6 Å². The third kappa shape index (κ3) is 2.57. The third-order valence-corrected chi connectivity index (χ3v) is 7.02. The number of rotatable bonds is 3. The van der Waals surface area contributed by atoms with Crippen LogP contribution in [0.25, 0.3) is 0 Å². The second-order valence-electron chi connectivity index (χ2n) is 4.74. The number of thiophene rings is 1. The van der Waals surface area contributed by atoms with Gasteiger partial charge in [-0.25, -0.2) is 8.42 Å². The van der Waals surface area contributed by atoms with Crippen LogP contribution in [-0.4, -0.2) is 19.3 Å². The van der Waals surface area contributed by atoms with Gasteiger partial charge < -0.3 is 0 Å². The number of nitrogens with zero attached hydrogens (tertiary/aromatic N) is 1. The van der Waals surface area contributed by atoms with E-state index in [1.807, 2.05) is 23.6 Å². The van der Waals surface area contributed by atoms with Crippen molar-refractivity contribution in [3.8, 4) is 0 Å². The average molecular weight is 372 g/mol. The number of sulfonamides is 1. The predicted octanol–water partition coefficient (Wildman–Crippen LogP) is 3.39. The van der Waals surface area contributed by atoms with E-state index in [2.05, 4.69) is 15.9 Å². The van der Waals surface area contributed by atoms with E-state index in [4.69, 9.17) is 0 Å². The zero-order valence-corrected chi connectivity index (χ0v) is 14.0. The van der Waals surface area contributed by atoms with Gasteiger partial charge in [-0.1, -0.05) is 28.1 Å². The van der Waals surface area contributed by atoms with E-state index in [0.29, 0.717) is 18.0 Å². The molecule has 0 radical (unpaired) electrons. The van der Waals surface area contributed by atoms with Crippen molar-refractivity contribution in [2.75, 3.05) is 6.54 Å². The number of halogens is 1. The Kier molecular flexibility index (Phi) is 3.99.